The molecular formula is C31H21NO4. The molecule has 1 aliphatic carbocycles. The van der Waals surface area contributed by atoms with E-state index in [0.29, 0.717) is 11.4 Å². The molecule has 1 saturated heterocycles. The maximum atomic E-state index is 13.9. The fourth-order valence-corrected chi connectivity index (χ4v) is 6.12. The fraction of sp³-hybridized carbons (Fsp3) is 0.129. The van der Waals surface area contributed by atoms with Crippen LogP contribution in [0, 0.1) is 17.8 Å². The number of hydrogen-bond acceptors (Lipinski definition) is 4. The van der Waals surface area contributed by atoms with Crippen LogP contribution in [-0.2, 0) is 14.4 Å². The maximum absolute atomic E-state index is 13.9. The molecule has 4 aromatic rings. The molecule has 3 aliphatic rings. The lowest BCUT2D eigenvalue weighted by Crippen LogP contribution is -2.42. The van der Waals surface area contributed by atoms with Crippen molar-refractivity contribution in [3.05, 3.63) is 114 Å². The fourth-order valence-electron chi connectivity index (χ4n) is 6.12. The molecule has 1 fully saturated rings. The number of carbonyl (C=O) groups excluding carboxylic acids is 3. The van der Waals surface area contributed by atoms with E-state index in [1.165, 1.54) is 4.90 Å². The number of esters is 1. The Kier molecular flexibility index (Phi) is 4.48. The summed E-state index contributed by atoms with van der Waals surface area (Å²) in [6.07, 6.45) is 2.02. The summed E-state index contributed by atoms with van der Waals surface area (Å²) < 4.78 is 5.93. The van der Waals surface area contributed by atoms with Gasteiger partial charge < -0.3 is 4.74 Å². The molecule has 4 atom stereocenters. The first-order valence-electron chi connectivity index (χ1n) is 12.1. The van der Waals surface area contributed by atoms with Gasteiger partial charge in [-0.15, -0.1) is 0 Å². The lowest BCUT2D eigenvalue weighted by atomic mass is 9.64. The number of rotatable bonds is 2. The number of allylic oxidation sites excluding steroid dienone is 1. The monoisotopic (exact) mass is 471 g/mol. The van der Waals surface area contributed by atoms with Crippen molar-refractivity contribution in [2.45, 2.75) is 5.92 Å². The smallest absolute Gasteiger partial charge is 0.319 e. The Morgan fingerprint density at radius 1 is 0.667 bits per heavy atom. The molecule has 2 heterocycles. The molecule has 36 heavy (non-hydrogen) atoms. The molecule has 2 amide bonds. The van der Waals surface area contributed by atoms with Crippen molar-refractivity contribution in [2.24, 2.45) is 17.8 Å². The van der Waals surface area contributed by atoms with Crippen LogP contribution in [0.2, 0.25) is 0 Å². The molecule has 174 valence electrons. The van der Waals surface area contributed by atoms with Gasteiger partial charge in [0, 0.05) is 16.9 Å². The van der Waals surface area contributed by atoms with Crippen molar-refractivity contribution in [3.63, 3.8) is 0 Å². The van der Waals surface area contributed by atoms with Gasteiger partial charge in [0.05, 0.1) is 23.4 Å². The van der Waals surface area contributed by atoms with Gasteiger partial charge in [-0.2, -0.15) is 0 Å². The molecule has 0 aromatic heterocycles. The van der Waals surface area contributed by atoms with Gasteiger partial charge in [-0.25, -0.2) is 4.90 Å². The second-order valence-electron chi connectivity index (χ2n) is 9.52. The molecule has 0 bridgehead atoms. The number of para-hydroxylation sites is 1. The van der Waals surface area contributed by atoms with Gasteiger partial charge in [-0.1, -0.05) is 91.0 Å². The quantitative estimate of drug-likeness (QED) is 0.224. The number of fused-ring (bicyclic) bond motifs is 7. The predicted molar refractivity (Wildman–Crippen MR) is 136 cm³/mol. The Bertz CT molecular complexity index is 1590. The van der Waals surface area contributed by atoms with Crippen LogP contribution in [0.5, 0.6) is 5.75 Å². The van der Waals surface area contributed by atoms with Gasteiger partial charge in [0.2, 0.25) is 11.8 Å². The number of hydrogen-bond donors (Lipinski definition) is 0. The van der Waals surface area contributed by atoms with Gasteiger partial charge in [-0.05, 0) is 28.7 Å². The molecule has 4 aromatic carbocycles. The van der Waals surface area contributed by atoms with Crippen LogP contribution in [0.25, 0.3) is 16.3 Å². The SMILES string of the molecule is O=C1Oc2c(ccc3ccccc23)C2=C[C@H](c3ccccc3)[C@@H]3C(=O)N(c4ccccc4)C(=O)[C@@H]3[C@@H]12. The predicted octanol–water partition coefficient (Wildman–Crippen LogP) is 5.36. The number of ether oxygens (including phenoxy) is 1. The second kappa shape index (κ2) is 7.75. The first kappa shape index (κ1) is 20.8. The van der Waals surface area contributed by atoms with Gasteiger partial charge in [0.1, 0.15) is 5.75 Å². The van der Waals surface area contributed by atoms with Crippen LogP contribution >= 0.6 is 0 Å². The van der Waals surface area contributed by atoms with Gasteiger partial charge >= 0.3 is 5.97 Å². The lowest BCUT2D eigenvalue weighted by Gasteiger charge is -2.38. The average Bonchev–Trinajstić information content (AvgIpc) is 3.19. The van der Waals surface area contributed by atoms with Crippen molar-refractivity contribution in [1.29, 1.82) is 0 Å². The molecule has 5 heteroatoms. The Hall–Kier alpha value is -4.51. The van der Waals surface area contributed by atoms with Crippen molar-refractivity contribution in [2.75, 3.05) is 4.90 Å². The summed E-state index contributed by atoms with van der Waals surface area (Å²) >= 11 is 0. The van der Waals surface area contributed by atoms with E-state index in [9.17, 15) is 14.4 Å². The third-order valence-corrected chi connectivity index (χ3v) is 7.68. The van der Waals surface area contributed by atoms with Gasteiger partial charge in [-0.3, -0.25) is 14.4 Å². The van der Waals surface area contributed by atoms with E-state index in [-0.39, 0.29) is 17.7 Å². The standard InChI is InChI=1S/C31H21NO4/c33-29-25-23(18-9-3-1-4-10-18)17-24-22-16-15-19-11-7-8-14-21(19)28(22)36-31(35)26(24)27(25)30(34)32(29)20-12-5-2-6-13-20/h1-17,23,25-27H/t23-,25+,26+,27+/m1/s1. The minimum absolute atomic E-state index is 0.280. The molecule has 7 rings (SSSR count). The molecule has 5 nitrogen and oxygen atoms in total. The first-order valence-corrected chi connectivity index (χ1v) is 12.1. The van der Waals surface area contributed by atoms with Crippen LogP contribution in [-0.4, -0.2) is 17.8 Å². The molecule has 0 saturated carbocycles. The van der Waals surface area contributed by atoms with E-state index in [0.717, 1.165) is 27.5 Å². The Labute approximate surface area is 207 Å². The number of imide groups is 1. The molecule has 0 unspecified atom stereocenters. The summed E-state index contributed by atoms with van der Waals surface area (Å²) in [6.45, 7) is 0. The number of carbonyl (C=O) groups is 3. The minimum Gasteiger partial charge on any atom is -0.425 e. The number of amides is 2. The highest BCUT2D eigenvalue weighted by Crippen LogP contribution is 2.55. The van der Waals surface area contributed by atoms with E-state index < -0.39 is 23.7 Å². The summed E-state index contributed by atoms with van der Waals surface area (Å²) in [6, 6.07) is 30.4. The van der Waals surface area contributed by atoms with Gasteiger partial charge in [0.15, 0.2) is 0 Å². The Morgan fingerprint density at radius 3 is 2.11 bits per heavy atom. The van der Waals surface area contributed by atoms with E-state index in [2.05, 4.69) is 0 Å². The zero-order valence-corrected chi connectivity index (χ0v) is 19.2. The van der Waals surface area contributed by atoms with Crippen molar-refractivity contribution >= 4 is 39.8 Å². The summed E-state index contributed by atoms with van der Waals surface area (Å²) in [7, 11) is 0. The van der Waals surface area contributed by atoms with E-state index >= 15 is 0 Å². The number of nitrogens with zero attached hydrogens (tertiary/aromatic N) is 1. The Balaban J connectivity index is 1.46. The highest BCUT2D eigenvalue weighted by molar-refractivity contribution is 6.24. The van der Waals surface area contributed by atoms with Gasteiger partial charge in [0.25, 0.3) is 0 Å². The van der Waals surface area contributed by atoms with Crippen molar-refractivity contribution < 1.29 is 19.1 Å². The zero-order valence-electron chi connectivity index (χ0n) is 19.2. The second-order valence-corrected chi connectivity index (χ2v) is 9.52. The summed E-state index contributed by atoms with van der Waals surface area (Å²) in [5, 5.41) is 1.82. The minimum atomic E-state index is -0.839. The molecule has 0 spiro atoms. The van der Waals surface area contributed by atoms with Crippen LogP contribution < -0.4 is 9.64 Å². The van der Waals surface area contributed by atoms with Crippen LogP contribution in [0.3, 0.4) is 0 Å². The highest BCUT2D eigenvalue weighted by atomic mass is 16.5. The molecule has 0 N–H and O–H groups in total. The number of anilines is 1. The molecule has 2 aliphatic heterocycles. The molecular weight excluding hydrogens is 450 g/mol. The van der Waals surface area contributed by atoms with E-state index in [1.54, 1.807) is 24.3 Å². The maximum Gasteiger partial charge on any atom is 0.319 e. The van der Waals surface area contributed by atoms with Crippen molar-refractivity contribution in [3.8, 4) is 5.75 Å². The van der Waals surface area contributed by atoms with E-state index in [4.69, 9.17) is 4.74 Å². The average molecular weight is 472 g/mol. The van der Waals surface area contributed by atoms with Crippen LogP contribution in [0.15, 0.2) is 103 Å². The first-order chi connectivity index (χ1) is 17.6. The molecule has 0 radical (unpaired) electrons. The highest BCUT2D eigenvalue weighted by Gasteiger charge is 2.60. The van der Waals surface area contributed by atoms with E-state index in [1.807, 2.05) is 78.9 Å². The third kappa shape index (κ3) is 2.86. The zero-order chi connectivity index (χ0) is 24.4. The Morgan fingerprint density at radius 2 is 1.33 bits per heavy atom. The normalized spacial score (nSPS) is 24.6. The topological polar surface area (TPSA) is 63.7 Å². The van der Waals surface area contributed by atoms with Crippen LogP contribution in [0.1, 0.15) is 17.0 Å². The summed E-state index contributed by atoms with van der Waals surface area (Å²) in [4.78, 5) is 42.6. The lowest BCUT2D eigenvalue weighted by molar-refractivity contribution is -0.142. The number of benzene rings is 4. The summed E-state index contributed by atoms with van der Waals surface area (Å²) in [5.41, 5.74) is 3.02. The van der Waals surface area contributed by atoms with Crippen molar-refractivity contribution in [1.82, 2.24) is 0 Å². The largest absolute Gasteiger partial charge is 0.425 e. The summed E-state index contributed by atoms with van der Waals surface area (Å²) in [5.74, 6) is -3.32. The third-order valence-electron chi connectivity index (χ3n) is 7.68. The van der Waals surface area contributed by atoms with Crippen LogP contribution in [0.4, 0.5) is 5.69 Å².